The van der Waals surface area contributed by atoms with E-state index in [9.17, 15) is 4.79 Å². The third-order valence-corrected chi connectivity index (χ3v) is 3.20. The van der Waals surface area contributed by atoms with Crippen LogP contribution in [0.3, 0.4) is 0 Å². The highest BCUT2D eigenvalue weighted by molar-refractivity contribution is 6.52. The molecule has 104 valence electrons. The first-order valence-corrected chi connectivity index (χ1v) is 6.59. The van der Waals surface area contributed by atoms with Gasteiger partial charge in [0.25, 0.3) is 0 Å². The highest BCUT2D eigenvalue weighted by Gasteiger charge is 2.20. The average molecular weight is 278 g/mol. The second-order valence-corrected chi connectivity index (χ2v) is 4.52. The normalized spacial score (nSPS) is 15.1. The number of rotatable bonds is 3. The standard InChI is InChI=1S/C17H14N2O2/c1-21-19(14-8-3-2-4-9-14)18-17-15-10-6-5-7-13(15)11-12-16(17)20/h2-12H,1H3. The summed E-state index contributed by atoms with van der Waals surface area (Å²) in [4.78, 5) is 17.4. The van der Waals surface area contributed by atoms with E-state index in [1.807, 2.05) is 54.6 Å². The number of allylic oxidation sites excluding steroid dienone is 1. The molecule has 0 atom stereocenters. The molecule has 0 N–H and O–H groups in total. The summed E-state index contributed by atoms with van der Waals surface area (Å²) in [7, 11) is 1.52. The molecule has 0 fully saturated rings. The molecule has 1 aliphatic carbocycles. The molecule has 3 rings (SSSR count). The van der Waals surface area contributed by atoms with E-state index in [1.165, 1.54) is 18.4 Å². The summed E-state index contributed by atoms with van der Waals surface area (Å²) in [6, 6.07) is 17.1. The number of nitrogens with zero attached hydrogens (tertiary/aromatic N) is 2. The van der Waals surface area contributed by atoms with Gasteiger partial charge in [0.15, 0.2) is 0 Å². The van der Waals surface area contributed by atoms with Crippen molar-refractivity contribution in [2.75, 3.05) is 12.3 Å². The third kappa shape index (κ3) is 2.61. The molecular formula is C17H14N2O2. The van der Waals surface area contributed by atoms with Gasteiger partial charge < -0.3 is 0 Å². The maximum absolute atomic E-state index is 12.1. The van der Waals surface area contributed by atoms with Crippen LogP contribution in [0, 0.1) is 0 Å². The van der Waals surface area contributed by atoms with Gasteiger partial charge in [-0.3, -0.25) is 9.63 Å². The van der Waals surface area contributed by atoms with Crippen LogP contribution in [0.1, 0.15) is 11.1 Å². The SMILES string of the molecule is CON(N=C1C(=O)C=Cc2ccccc21)c1ccccc1. The van der Waals surface area contributed by atoms with Crippen molar-refractivity contribution in [3.8, 4) is 0 Å². The van der Waals surface area contributed by atoms with Gasteiger partial charge in [0.1, 0.15) is 5.71 Å². The number of benzene rings is 2. The molecule has 0 aliphatic heterocycles. The number of para-hydroxylation sites is 1. The molecule has 4 heteroatoms. The molecule has 2 aromatic carbocycles. The van der Waals surface area contributed by atoms with Crippen molar-refractivity contribution in [3.63, 3.8) is 0 Å². The maximum Gasteiger partial charge on any atom is 0.206 e. The summed E-state index contributed by atoms with van der Waals surface area (Å²) in [5, 5.41) is 5.72. The van der Waals surface area contributed by atoms with E-state index in [2.05, 4.69) is 5.10 Å². The van der Waals surface area contributed by atoms with Gasteiger partial charge in [-0.15, -0.1) is 10.3 Å². The molecule has 0 saturated carbocycles. The molecule has 2 aromatic rings. The third-order valence-electron chi connectivity index (χ3n) is 3.20. The number of hydrogen-bond acceptors (Lipinski definition) is 4. The van der Waals surface area contributed by atoms with Crippen molar-refractivity contribution >= 4 is 23.3 Å². The van der Waals surface area contributed by atoms with Gasteiger partial charge in [0.2, 0.25) is 5.78 Å². The van der Waals surface area contributed by atoms with Crippen LogP contribution in [0.15, 0.2) is 65.8 Å². The Morgan fingerprint density at radius 3 is 2.43 bits per heavy atom. The first-order chi connectivity index (χ1) is 10.3. The maximum atomic E-state index is 12.1. The Labute approximate surface area is 122 Å². The molecule has 1 aliphatic rings. The molecule has 0 unspecified atom stereocenters. The van der Waals surface area contributed by atoms with Crippen LogP contribution in [0.2, 0.25) is 0 Å². The van der Waals surface area contributed by atoms with Crippen molar-refractivity contribution in [1.82, 2.24) is 0 Å². The predicted octanol–water partition coefficient (Wildman–Crippen LogP) is 3.05. The molecular weight excluding hydrogens is 264 g/mol. The number of carbonyl (C=O) groups is 1. The summed E-state index contributed by atoms with van der Waals surface area (Å²) in [6.45, 7) is 0. The number of fused-ring (bicyclic) bond motifs is 1. The van der Waals surface area contributed by atoms with E-state index in [-0.39, 0.29) is 5.78 Å². The number of carbonyl (C=O) groups excluding carboxylic acids is 1. The second-order valence-electron chi connectivity index (χ2n) is 4.52. The summed E-state index contributed by atoms with van der Waals surface area (Å²) < 4.78 is 0. The lowest BCUT2D eigenvalue weighted by Crippen LogP contribution is -2.24. The number of hydrazone groups is 1. The van der Waals surface area contributed by atoms with Crippen LogP contribution >= 0.6 is 0 Å². The highest BCUT2D eigenvalue weighted by atomic mass is 16.7. The summed E-state index contributed by atoms with van der Waals surface area (Å²) in [6.07, 6.45) is 3.33. The van der Waals surface area contributed by atoms with Crippen LogP contribution in [0.4, 0.5) is 5.69 Å². The molecule has 4 nitrogen and oxygen atoms in total. The van der Waals surface area contributed by atoms with E-state index in [1.54, 1.807) is 6.08 Å². The Bertz CT molecular complexity index is 721. The zero-order chi connectivity index (χ0) is 14.7. The molecule has 21 heavy (non-hydrogen) atoms. The molecule has 0 bridgehead atoms. The lowest BCUT2D eigenvalue weighted by atomic mass is 9.95. The molecule has 0 amide bonds. The van der Waals surface area contributed by atoms with Gasteiger partial charge in [0.05, 0.1) is 12.8 Å². The van der Waals surface area contributed by atoms with E-state index >= 15 is 0 Å². The highest BCUT2D eigenvalue weighted by Crippen LogP contribution is 2.20. The van der Waals surface area contributed by atoms with Crippen LogP contribution in [0.25, 0.3) is 6.08 Å². The first-order valence-electron chi connectivity index (χ1n) is 6.59. The Balaban J connectivity index is 2.05. The number of ketones is 1. The topological polar surface area (TPSA) is 41.9 Å². The Morgan fingerprint density at radius 1 is 0.952 bits per heavy atom. The van der Waals surface area contributed by atoms with Crippen molar-refractivity contribution < 1.29 is 9.63 Å². The largest absolute Gasteiger partial charge is 0.287 e. The predicted molar refractivity (Wildman–Crippen MR) is 83.0 cm³/mol. The minimum atomic E-state index is -0.133. The van der Waals surface area contributed by atoms with Gasteiger partial charge in [-0.1, -0.05) is 48.5 Å². The summed E-state index contributed by atoms with van der Waals surface area (Å²) in [5.41, 5.74) is 2.91. The van der Waals surface area contributed by atoms with Crippen LogP contribution in [-0.2, 0) is 9.63 Å². The van der Waals surface area contributed by atoms with Crippen LogP contribution < -0.4 is 5.17 Å². The van der Waals surface area contributed by atoms with E-state index < -0.39 is 0 Å². The fraction of sp³-hybridized carbons (Fsp3) is 0.0588. The second kappa shape index (κ2) is 5.73. The lowest BCUT2D eigenvalue weighted by molar-refractivity contribution is -0.108. The smallest absolute Gasteiger partial charge is 0.206 e. The van der Waals surface area contributed by atoms with Gasteiger partial charge in [-0.05, 0) is 23.8 Å². The number of hydrogen-bond donors (Lipinski definition) is 0. The Hall–Kier alpha value is -2.72. The van der Waals surface area contributed by atoms with E-state index in [0.29, 0.717) is 5.71 Å². The molecule has 0 radical (unpaired) electrons. The van der Waals surface area contributed by atoms with Crippen LogP contribution in [0.5, 0.6) is 0 Å². The van der Waals surface area contributed by atoms with Crippen molar-refractivity contribution in [2.24, 2.45) is 5.10 Å². The molecule has 0 aromatic heterocycles. The van der Waals surface area contributed by atoms with Gasteiger partial charge in [0, 0.05) is 5.56 Å². The summed E-state index contributed by atoms with van der Waals surface area (Å²) in [5.74, 6) is -0.133. The van der Waals surface area contributed by atoms with Crippen molar-refractivity contribution in [3.05, 3.63) is 71.8 Å². The van der Waals surface area contributed by atoms with Crippen molar-refractivity contribution in [1.29, 1.82) is 0 Å². The minimum Gasteiger partial charge on any atom is -0.287 e. The Morgan fingerprint density at radius 2 is 1.67 bits per heavy atom. The molecule has 0 heterocycles. The first kappa shape index (κ1) is 13.3. The van der Waals surface area contributed by atoms with Crippen molar-refractivity contribution in [2.45, 2.75) is 0 Å². The number of anilines is 1. The van der Waals surface area contributed by atoms with Gasteiger partial charge >= 0.3 is 0 Å². The van der Waals surface area contributed by atoms with E-state index in [0.717, 1.165) is 16.8 Å². The zero-order valence-electron chi connectivity index (χ0n) is 11.6. The van der Waals surface area contributed by atoms with E-state index in [4.69, 9.17) is 4.84 Å². The van der Waals surface area contributed by atoms with Crippen LogP contribution in [-0.4, -0.2) is 18.6 Å². The van der Waals surface area contributed by atoms with Gasteiger partial charge in [-0.25, -0.2) is 0 Å². The average Bonchev–Trinajstić information content (AvgIpc) is 2.55. The minimum absolute atomic E-state index is 0.133. The quantitative estimate of drug-likeness (QED) is 0.810. The summed E-state index contributed by atoms with van der Waals surface area (Å²) >= 11 is 0. The Kier molecular flexibility index (Phi) is 3.62. The molecule has 0 saturated heterocycles. The fourth-order valence-electron chi connectivity index (χ4n) is 2.19. The van der Waals surface area contributed by atoms with Gasteiger partial charge in [-0.2, -0.15) is 0 Å². The lowest BCUT2D eigenvalue weighted by Gasteiger charge is -2.19. The monoisotopic (exact) mass is 278 g/mol. The zero-order valence-corrected chi connectivity index (χ0v) is 11.6. The fourth-order valence-corrected chi connectivity index (χ4v) is 2.19. The molecule has 0 spiro atoms.